The lowest BCUT2D eigenvalue weighted by molar-refractivity contribution is -0.0462. The number of aliphatic hydroxyl groups is 1. The summed E-state index contributed by atoms with van der Waals surface area (Å²) in [6.07, 6.45) is 6.39. The van der Waals surface area contributed by atoms with Gasteiger partial charge in [-0.05, 0) is 91.8 Å². The van der Waals surface area contributed by atoms with E-state index in [1.165, 1.54) is 42.5 Å². The van der Waals surface area contributed by atoms with Gasteiger partial charge in [-0.3, -0.25) is 0 Å². The van der Waals surface area contributed by atoms with Gasteiger partial charge in [0.15, 0.2) is 5.69 Å². The van der Waals surface area contributed by atoms with Gasteiger partial charge in [-0.1, -0.05) is 36.8 Å². The van der Waals surface area contributed by atoms with Crippen molar-refractivity contribution >= 4 is 21.8 Å². The fraction of sp³-hybridized carbons (Fsp3) is 0.273. The van der Waals surface area contributed by atoms with Crippen molar-refractivity contribution in [2.75, 3.05) is 0 Å². The Hall–Kier alpha value is -4.17. The Bertz CT molecular complexity index is 1900. The number of hydrogen-bond donors (Lipinski definition) is 2. The second kappa shape index (κ2) is 10.8. The Labute approximate surface area is 249 Å². The Morgan fingerprint density at radius 3 is 2.65 bits per heavy atom. The zero-order valence-electron chi connectivity index (χ0n) is 23.5. The summed E-state index contributed by atoms with van der Waals surface area (Å²) in [7, 11) is -3.98. The van der Waals surface area contributed by atoms with Crippen LogP contribution in [0.25, 0.3) is 16.6 Å². The molecule has 43 heavy (non-hydrogen) atoms. The fourth-order valence-corrected chi connectivity index (χ4v) is 7.50. The lowest BCUT2D eigenvalue weighted by atomic mass is 9.65. The molecule has 2 N–H and O–H groups in total. The molecule has 6 rings (SSSR count). The van der Waals surface area contributed by atoms with E-state index in [1.807, 2.05) is 0 Å². The van der Waals surface area contributed by atoms with Crippen molar-refractivity contribution in [1.29, 1.82) is 0 Å². The van der Waals surface area contributed by atoms with Gasteiger partial charge >= 0.3 is 0 Å². The van der Waals surface area contributed by atoms with Crippen LogP contribution < -0.4 is 4.72 Å². The van der Waals surface area contributed by atoms with Crippen LogP contribution in [0.2, 0.25) is 0 Å². The van der Waals surface area contributed by atoms with Crippen LogP contribution in [0.4, 0.5) is 14.5 Å². The third kappa shape index (κ3) is 5.18. The number of aryl methyl sites for hydroxylation is 1. The second-order valence-electron chi connectivity index (χ2n) is 11.5. The molecule has 0 bridgehead atoms. The Kier molecular flexibility index (Phi) is 7.29. The van der Waals surface area contributed by atoms with Crippen LogP contribution in [0, 0.1) is 23.6 Å². The first-order valence-corrected chi connectivity index (χ1v) is 15.5. The Morgan fingerprint density at radius 2 is 1.88 bits per heavy atom. The predicted molar refractivity (Wildman–Crippen MR) is 159 cm³/mol. The molecule has 4 aromatic rings. The van der Waals surface area contributed by atoms with Gasteiger partial charge in [-0.15, -0.1) is 0 Å². The molecular formula is C33H30F2N4O3S. The van der Waals surface area contributed by atoms with Crippen LogP contribution in [0.5, 0.6) is 0 Å². The molecule has 0 unspecified atom stereocenters. The lowest BCUT2D eigenvalue weighted by Crippen LogP contribution is -2.45. The quantitative estimate of drug-likeness (QED) is 0.233. The zero-order chi connectivity index (χ0) is 30.4. The summed E-state index contributed by atoms with van der Waals surface area (Å²) in [5.74, 6) is -0.849. The van der Waals surface area contributed by atoms with E-state index in [1.54, 1.807) is 35.1 Å². The van der Waals surface area contributed by atoms with Gasteiger partial charge in [-0.25, -0.2) is 31.4 Å². The normalized spacial score (nSPS) is 21.1. The van der Waals surface area contributed by atoms with E-state index >= 15 is 4.39 Å². The van der Waals surface area contributed by atoms with Crippen LogP contribution in [-0.2, 0) is 29.4 Å². The van der Waals surface area contributed by atoms with Crippen molar-refractivity contribution < 1.29 is 22.3 Å². The van der Waals surface area contributed by atoms with Crippen LogP contribution >= 0.6 is 0 Å². The molecule has 0 saturated heterocycles. The minimum absolute atomic E-state index is 0.0641. The number of aromatic nitrogens is 2. The largest absolute Gasteiger partial charge is 0.389 e. The minimum Gasteiger partial charge on any atom is -0.389 e. The number of fused-ring (bicyclic) bond motifs is 2. The second-order valence-corrected chi connectivity index (χ2v) is 13.2. The molecule has 0 radical (unpaired) electrons. The van der Waals surface area contributed by atoms with Crippen molar-refractivity contribution in [2.24, 2.45) is 5.41 Å². The predicted octanol–water partition coefficient (Wildman–Crippen LogP) is 6.28. The average Bonchev–Trinajstić information content (AvgIpc) is 3.51. The van der Waals surface area contributed by atoms with Gasteiger partial charge in [0.1, 0.15) is 11.6 Å². The van der Waals surface area contributed by atoms with E-state index in [-0.39, 0.29) is 28.5 Å². The van der Waals surface area contributed by atoms with Crippen LogP contribution in [0.15, 0.2) is 83.4 Å². The first-order valence-electron chi connectivity index (χ1n) is 14.0. The van der Waals surface area contributed by atoms with Gasteiger partial charge < -0.3 is 5.11 Å². The highest BCUT2D eigenvalue weighted by atomic mass is 32.2. The number of nitrogens with one attached hydrogen (secondary N) is 1. The van der Waals surface area contributed by atoms with Crippen molar-refractivity contribution in [3.63, 3.8) is 0 Å². The van der Waals surface area contributed by atoms with Crippen molar-refractivity contribution in [2.45, 2.75) is 56.1 Å². The SMILES string of the molecule is [C-]#[N+]c1cccc(S(=O)(=O)NCc2c(F)cccc2CC[C@]2(O)CCC3=Cc4c(cnn4-c4ccc(F)cc4)C[C@@]32C)c1. The molecule has 3 aromatic carbocycles. The molecule has 1 heterocycles. The highest BCUT2D eigenvalue weighted by molar-refractivity contribution is 7.89. The van der Waals surface area contributed by atoms with Gasteiger partial charge in [0, 0.05) is 17.5 Å². The third-order valence-corrected chi connectivity index (χ3v) is 10.5. The number of rotatable bonds is 8. The summed E-state index contributed by atoms with van der Waals surface area (Å²) >= 11 is 0. The van der Waals surface area contributed by atoms with E-state index in [2.05, 4.69) is 27.7 Å². The van der Waals surface area contributed by atoms with Gasteiger partial charge in [0.25, 0.3) is 0 Å². The fourth-order valence-electron chi connectivity index (χ4n) is 6.47. The first kappa shape index (κ1) is 28.9. The van der Waals surface area contributed by atoms with Crippen molar-refractivity contribution in [3.8, 4) is 5.69 Å². The van der Waals surface area contributed by atoms with Crippen LogP contribution in [0.3, 0.4) is 0 Å². The Balaban J connectivity index is 1.21. The molecule has 1 fully saturated rings. The molecule has 7 nitrogen and oxygen atoms in total. The van der Waals surface area contributed by atoms with Gasteiger partial charge in [-0.2, -0.15) is 5.10 Å². The van der Waals surface area contributed by atoms with Crippen molar-refractivity contribution in [1.82, 2.24) is 14.5 Å². The number of halogens is 2. The van der Waals surface area contributed by atoms with E-state index in [0.717, 1.165) is 22.5 Å². The highest BCUT2D eigenvalue weighted by Gasteiger charge is 2.54. The van der Waals surface area contributed by atoms with Crippen LogP contribution in [-0.4, -0.2) is 28.9 Å². The third-order valence-electron chi connectivity index (χ3n) is 9.08. The molecule has 220 valence electrons. The molecule has 0 amide bonds. The topological polar surface area (TPSA) is 88.6 Å². The first-order chi connectivity index (χ1) is 20.5. The highest BCUT2D eigenvalue weighted by Crippen LogP contribution is 2.57. The molecule has 2 atom stereocenters. The van der Waals surface area contributed by atoms with E-state index in [0.29, 0.717) is 37.7 Å². The minimum atomic E-state index is -3.98. The van der Waals surface area contributed by atoms with E-state index in [4.69, 9.17) is 6.57 Å². The summed E-state index contributed by atoms with van der Waals surface area (Å²) in [6.45, 7) is 8.93. The molecule has 0 aliphatic heterocycles. The maximum Gasteiger partial charge on any atom is 0.239 e. The number of hydrogen-bond acceptors (Lipinski definition) is 4. The number of sulfonamides is 1. The summed E-state index contributed by atoms with van der Waals surface area (Å²) < 4.78 is 58.6. The van der Waals surface area contributed by atoms with Crippen LogP contribution in [0.1, 0.15) is 48.6 Å². The van der Waals surface area contributed by atoms with Gasteiger partial charge in [0.05, 0.1) is 34.6 Å². The molecule has 10 heteroatoms. The van der Waals surface area contributed by atoms with E-state index < -0.39 is 26.9 Å². The summed E-state index contributed by atoms with van der Waals surface area (Å²) in [5.41, 5.74) is 3.18. The Morgan fingerprint density at radius 1 is 1.12 bits per heavy atom. The smallest absolute Gasteiger partial charge is 0.239 e. The molecule has 0 spiro atoms. The lowest BCUT2D eigenvalue weighted by Gasteiger charge is -2.42. The summed E-state index contributed by atoms with van der Waals surface area (Å²) in [5, 5.41) is 16.6. The summed E-state index contributed by atoms with van der Waals surface area (Å²) in [4.78, 5) is 3.21. The standard InChI is InChI=1S/C33H30F2N4O3S/c1-32-19-23-20-37-39(27-11-9-25(34)10-12-27)31(23)17-24(32)14-16-33(32,40)15-13-22-5-3-8-30(35)29(22)21-38-43(41,42)28-7-4-6-26(18-28)36-2/h3-12,17-18,20,38,40H,13-16,19,21H2,1H3/t32-,33-/m0/s1. The van der Waals surface area contributed by atoms with E-state index in [9.17, 15) is 17.9 Å². The maximum absolute atomic E-state index is 15.0. The molecule has 2 aliphatic carbocycles. The number of nitrogens with zero attached hydrogens (tertiary/aromatic N) is 3. The molecular weight excluding hydrogens is 570 g/mol. The summed E-state index contributed by atoms with van der Waals surface area (Å²) in [6, 6.07) is 16.5. The monoisotopic (exact) mass is 600 g/mol. The maximum atomic E-state index is 15.0. The average molecular weight is 601 g/mol. The molecule has 1 aromatic heterocycles. The molecule has 2 aliphatic rings. The number of benzene rings is 3. The van der Waals surface area contributed by atoms with Crippen molar-refractivity contribution in [3.05, 3.63) is 124 Å². The zero-order valence-corrected chi connectivity index (χ0v) is 24.3. The molecule has 1 saturated carbocycles. The van der Waals surface area contributed by atoms with Gasteiger partial charge in [0.2, 0.25) is 10.0 Å².